The average Bonchev–Trinajstić information content (AvgIpc) is 3.05. The molecule has 0 fully saturated rings. The van der Waals surface area contributed by atoms with Crippen molar-refractivity contribution in [3.63, 3.8) is 0 Å². The molecule has 7 nitrogen and oxygen atoms in total. The van der Waals surface area contributed by atoms with Crippen LogP contribution >= 0.6 is 0 Å². The molecule has 0 saturated carbocycles. The third kappa shape index (κ3) is 5.19. The number of nitrogens with one attached hydrogen (secondary N) is 1. The lowest BCUT2D eigenvalue weighted by molar-refractivity contribution is 0.0932. The lowest BCUT2D eigenvalue weighted by Crippen LogP contribution is -2.35. The van der Waals surface area contributed by atoms with Gasteiger partial charge in [0.15, 0.2) is 9.84 Å². The van der Waals surface area contributed by atoms with Crippen LogP contribution in [0.1, 0.15) is 40.4 Å². The van der Waals surface area contributed by atoms with Crippen molar-refractivity contribution in [3.05, 3.63) is 77.4 Å². The Morgan fingerprint density at radius 2 is 1.87 bits per heavy atom. The molecule has 1 aliphatic rings. The number of sulfone groups is 1. The van der Waals surface area contributed by atoms with E-state index >= 15 is 0 Å². The summed E-state index contributed by atoms with van der Waals surface area (Å²) in [4.78, 5) is 12.8. The smallest absolute Gasteiger partial charge is 0.251 e. The molecule has 162 valence electrons. The summed E-state index contributed by atoms with van der Waals surface area (Å²) in [6.07, 6.45) is 5.17. The molecule has 4 rings (SSSR count). The van der Waals surface area contributed by atoms with Crippen molar-refractivity contribution in [3.8, 4) is 0 Å². The molecular formula is C23H26N4O3S. The molecule has 2 heterocycles. The lowest BCUT2D eigenvalue weighted by Gasteiger charge is -2.16. The van der Waals surface area contributed by atoms with Crippen molar-refractivity contribution in [2.24, 2.45) is 0 Å². The van der Waals surface area contributed by atoms with Gasteiger partial charge < -0.3 is 9.88 Å². The minimum Gasteiger partial charge on any atom is -0.349 e. The van der Waals surface area contributed by atoms with E-state index < -0.39 is 9.84 Å². The number of fused-ring (bicyclic) bond motifs is 1. The Morgan fingerprint density at radius 1 is 1.06 bits per heavy atom. The fourth-order valence-corrected chi connectivity index (χ4v) is 4.58. The summed E-state index contributed by atoms with van der Waals surface area (Å²) in [5.41, 5.74) is 1.63. The molecule has 8 heteroatoms. The maximum Gasteiger partial charge on any atom is 0.251 e. The van der Waals surface area contributed by atoms with E-state index in [0.717, 1.165) is 56.6 Å². The number of hydrogen-bond acceptors (Lipinski definition) is 5. The number of nitrogens with zero attached hydrogens (tertiary/aromatic N) is 3. The van der Waals surface area contributed by atoms with E-state index in [9.17, 15) is 13.2 Å². The second kappa shape index (κ2) is 9.01. The Balaban J connectivity index is 1.39. The molecular weight excluding hydrogens is 412 g/mol. The molecule has 1 atom stereocenters. The maximum absolute atomic E-state index is 12.7. The monoisotopic (exact) mass is 438 g/mol. The first-order chi connectivity index (χ1) is 14.9. The topological polar surface area (TPSA) is 93.9 Å². The van der Waals surface area contributed by atoms with Crippen molar-refractivity contribution in [2.75, 3.05) is 6.26 Å². The molecule has 0 saturated heterocycles. The highest BCUT2D eigenvalue weighted by molar-refractivity contribution is 7.90. The highest BCUT2D eigenvalue weighted by atomic mass is 32.2. The number of aromatic nitrogens is 3. The zero-order valence-electron chi connectivity index (χ0n) is 17.5. The third-order valence-corrected chi connectivity index (χ3v) is 6.77. The van der Waals surface area contributed by atoms with Crippen LogP contribution in [0.3, 0.4) is 0 Å². The summed E-state index contributed by atoms with van der Waals surface area (Å²) in [6.45, 7) is 0.751. The maximum atomic E-state index is 12.7. The highest BCUT2D eigenvalue weighted by Crippen LogP contribution is 2.18. The van der Waals surface area contributed by atoms with Crippen LogP contribution < -0.4 is 5.32 Å². The van der Waals surface area contributed by atoms with Crippen molar-refractivity contribution in [2.45, 2.75) is 49.6 Å². The zero-order valence-corrected chi connectivity index (χ0v) is 18.3. The van der Waals surface area contributed by atoms with Crippen LogP contribution in [0, 0.1) is 0 Å². The van der Waals surface area contributed by atoms with Gasteiger partial charge in [-0.3, -0.25) is 4.79 Å². The molecule has 1 unspecified atom stereocenters. The SMILES string of the molecule is CS(=O)(=O)c1cccc(C(=O)NC2CCc3nnc(CCc4ccccc4)n3CC2)c1. The van der Waals surface area contributed by atoms with Crippen LogP contribution in [-0.2, 0) is 35.6 Å². The largest absolute Gasteiger partial charge is 0.349 e. The van der Waals surface area contributed by atoms with Gasteiger partial charge in [-0.2, -0.15) is 0 Å². The number of benzene rings is 2. The van der Waals surface area contributed by atoms with E-state index in [1.807, 2.05) is 18.2 Å². The van der Waals surface area contributed by atoms with Crippen molar-refractivity contribution >= 4 is 15.7 Å². The van der Waals surface area contributed by atoms with Crippen LogP contribution in [0.5, 0.6) is 0 Å². The zero-order chi connectivity index (χ0) is 21.8. The van der Waals surface area contributed by atoms with E-state index in [1.54, 1.807) is 12.1 Å². The molecule has 1 aromatic heterocycles. The Kier molecular flexibility index (Phi) is 6.18. The first-order valence-electron chi connectivity index (χ1n) is 10.5. The number of hydrogen-bond donors (Lipinski definition) is 1. The van der Waals surface area contributed by atoms with Crippen molar-refractivity contribution in [1.82, 2.24) is 20.1 Å². The van der Waals surface area contributed by atoms with Gasteiger partial charge in [-0.15, -0.1) is 10.2 Å². The summed E-state index contributed by atoms with van der Waals surface area (Å²) < 4.78 is 25.7. The van der Waals surface area contributed by atoms with Gasteiger partial charge in [0.1, 0.15) is 11.6 Å². The summed E-state index contributed by atoms with van der Waals surface area (Å²) >= 11 is 0. The molecule has 2 aromatic carbocycles. The summed E-state index contributed by atoms with van der Waals surface area (Å²) in [5, 5.41) is 11.8. The van der Waals surface area contributed by atoms with Crippen molar-refractivity contribution in [1.29, 1.82) is 0 Å². The highest BCUT2D eigenvalue weighted by Gasteiger charge is 2.22. The Hall–Kier alpha value is -3.00. The minimum atomic E-state index is -3.36. The molecule has 0 radical (unpaired) electrons. The van der Waals surface area contributed by atoms with Crippen molar-refractivity contribution < 1.29 is 13.2 Å². The molecule has 0 spiro atoms. The Bertz CT molecular complexity index is 1170. The fraction of sp³-hybridized carbons (Fsp3) is 0.348. The molecule has 0 aliphatic carbocycles. The second-order valence-electron chi connectivity index (χ2n) is 7.97. The van der Waals surface area contributed by atoms with Gasteiger partial charge in [-0.1, -0.05) is 36.4 Å². The Morgan fingerprint density at radius 3 is 2.65 bits per heavy atom. The minimum absolute atomic E-state index is 0.00179. The lowest BCUT2D eigenvalue weighted by atomic mass is 10.1. The molecule has 3 aromatic rings. The fourth-order valence-electron chi connectivity index (χ4n) is 3.91. The summed E-state index contributed by atoms with van der Waals surface area (Å²) in [6, 6.07) is 16.5. The first kappa shape index (κ1) is 21.2. The number of aryl methyl sites for hydroxylation is 3. The van der Waals surface area contributed by atoms with Crippen LogP contribution in [0.4, 0.5) is 0 Å². The normalized spacial score (nSPS) is 16.4. The van der Waals surface area contributed by atoms with Crippen LogP contribution in [-0.4, -0.2) is 41.4 Å². The number of carbonyl (C=O) groups excluding carboxylic acids is 1. The van der Waals surface area contributed by atoms with Gasteiger partial charge in [0.25, 0.3) is 5.91 Å². The molecule has 0 bridgehead atoms. The van der Waals surface area contributed by atoms with E-state index in [-0.39, 0.29) is 16.8 Å². The third-order valence-electron chi connectivity index (χ3n) is 5.66. The van der Waals surface area contributed by atoms with Gasteiger partial charge in [0.2, 0.25) is 0 Å². The number of amides is 1. The predicted octanol–water partition coefficient (Wildman–Crippen LogP) is 2.60. The second-order valence-corrected chi connectivity index (χ2v) is 9.98. The van der Waals surface area contributed by atoms with Gasteiger partial charge in [-0.25, -0.2) is 8.42 Å². The van der Waals surface area contributed by atoms with Gasteiger partial charge in [-0.05, 0) is 43.0 Å². The quantitative estimate of drug-likeness (QED) is 0.638. The van der Waals surface area contributed by atoms with Crippen LogP contribution in [0.25, 0.3) is 0 Å². The van der Waals surface area contributed by atoms with E-state index in [0.29, 0.717) is 5.56 Å². The van der Waals surface area contributed by atoms with Crippen LogP contribution in [0.2, 0.25) is 0 Å². The standard InChI is InChI=1S/C23H26N4O3S/c1-31(29,30)20-9-5-8-18(16-20)23(28)24-19-11-13-22-26-25-21(27(22)15-14-19)12-10-17-6-3-2-4-7-17/h2-9,16,19H,10-15H2,1H3,(H,24,28). The molecule has 1 aliphatic heterocycles. The summed E-state index contributed by atoms with van der Waals surface area (Å²) in [7, 11) is -3.36. The van der Waals surface area contributed by atoms with E-state index in [1.165, 1.54) is 17.7 Å². The van der Waals surface area contributed by atoms with Crippen LogP contribution in [0.15, 0.2) is 59.5 Å². The number of carbonyl (C=O) groups is 1. The molecule has 1 N–H and O–H groups in total. The van der Waals surface area contributed by atoms with Gasteiger partial charge in [0.05, 0.1) is 4.90 Å². The molecule has 1 amide bonds. The first-order valence-corrected chi connectivity index (χ1v) is 12.3. The van der Waals surface area contributed by atoms with Gasteiger partial charge >= 0.3 is 0 Å². The van der Waals surface area contributed by atoms with E-state index in [4.69, 9.17) is 0 Å². The Labute approximate surface area is 182 Å². The average molecular weight is 439 g/mol. The van der Waals surface area contributed by atoms with E-state index in [2.05, 4.69) is 32.2 Å². The summed E-state index contributed by atoms with van der Waals surface area (Å²) in [5.74, 6) is 1.68. The van der Waals surface area contributed by atoms with Gasteiger partial charge in [0, 0.05) is 37.2 Å². The molecule has 31 heavy (non-hydrogen) atoms. The predicted molar refractivity (Wildman–Crippen MR) is 118 cm³/mol. The number of rotatable bonds is 6.